The van der Waals surface area contributed by atoms with Crippen LogP contribution in [0.25, 0.3) is 5.57 Å². The number of ether oxygens (including phenoxy) is 1. The Labute approximate surface area is 219 Å². The van der Waals surface area contributed by atoms with E-state index in [4.69, 9.17) is 22.1 Å². The molecule has 8 heteroatoms. The molecule has 1 unspecified atom stereocenters. The Balaban J connectivity index is 1.28. The van der Waals surface area contributed by atoms with Gasteiger partial charge in [0.1, 0.15) is 16.7 Å². The van der Waals surface area contributed by atoms with Gasteiger partial charge in [0.2, 0.25) is 0 Å². The van der Waals surface area contributed by atoms with E-state index in [2.05, 4.69) is 27.0 Å². The van der Waals surface area contributed by atoms with Gasteiger partial charge in [-0.15, -0.1) is 0 Å². The highest BCUT2D eigenvalue weighted by molar-refractivity contribution is 6.29. The van der Waals surface area contributed by atoms with Crippen molar-refractivity contribution in [2.24, 2.45) is 24.6 Å². The summed E-state index contributed by atoms with van der Waals surface area (Å²) in [5.41, 5.74) is 10.1. The number of nitrogens with zero attached hydrogens (tertiary/aromatic N) is 4. The van der Waals surface area contributed by atoms with Crippen molar-refractivity contribution in [3.8, 4) is 5.75 Å². The zero-order valence-electron chi connectivity index (χ0n) is 21.3. The van der Waals surface area contributed by atoms with Crippen molar-refractivity contribution in [3.63, 3.8) is 0 Å². The number of aryl methyl sites for hydroxylation is 3. The standard InChI is InChI=1S/C28H37ClN6O/c1-19(30)14-24-16-22(12-13-31-24)28-25(17-32-35(28)3)36-18-23-10-7-9-21(23)8-5-4-6-11-27-33-20(2)15-26(29)34-27/h12-17,21,23,31H,1,4-11,18,30H2,2-3H3/b24-14-/t21?,23-/m1/s1. The molecule has 2 aromatic rings. The van der Waals surface area contributed by atoms with Crippen LogP contribution in [0.2, 0.25) is 5.15 Å². The third-order valence-corrected chi connectivity index (χ3v) is 7.15. The van der Waals surface area contributed by atoms with Gasteiger partial charge in [0.05, 0.1) is 12.8 Å². The summed E-state index contributed by atoms with van der Waals surface area (Å²) in [6.07, 6.45) is 19.0. The molecule has 3 N–H and O–H groups in total. The van der Waals surface area contributed by atoms with Crippen molar-refractivity contribution >= 4 is 17.2 Å². The molecule has 0 bridgehead atoms. The fourth-order valence-corrected chi connectivity index (χ4v) is 5.50. The molecule has 3 heterocycles. The first-order valence-corrected chi connectivity index (χ1v) is 13.2. The highest BCUT2D eigenvalue weighted by atomic mass is 35.5. The summed E-state index contributed by atoms with van der Waals surface area (Å²) in [6.45, 7) is 6.45. The van der Waals surface area contributed by atoms with Gasteiger partial charge in [0, 0.05) is 42.3 Å². The second-order valence-corrected chi connectivity index (χ2v) is 10.2. The van der Waals surface area contributed by atoms with E-state index in [1.165, 1.54) is 38.5 Å². The second kappa shape index (κ2) is 12.3. The van der Waals surface area contributed by atoms with Crippen LogP contribution in [-0.2, 0) is 13.5 Å². The van der Waals surface area contributed by atoms with Crippen molar-refractivity contribution in [2.45, 2.75) is 58.3 Å². The van der Waals surface area contributed by atoms with Crippen LogP contribution in [0.1, 0.15) is 62.2 Å². The third-order valence-electron chi connectivity index (χ3n) is 6.96. The van der Waals surface area contributed by atoms with E-state index in [1.807, 2.05) is 49.3 Å². The van der Waals surface area contributed by atoms with Crippen LogP contribution < -0.4 is 15.8 Å². The average molecular weight is 509 g/mol. The summed E-state index contributed by atoms with van der Waals surface area (Å²) in [7, 11) is 1.94. The lowest BCUT2D eigenvalue weighted by atomic mass is 9.91. The van der Waals surface area contributed by atoms with Gasteiger partial charge in [-0.1, -0.05) is 50.3 Å². The molecule has 36 heavy (non-hydrogen) atoms. The maximum atomic E-state index is 6.38. The Morgan fingerprint density at radius 3 is 2.92 bits per heavy atom. The van der Waals surface area contributed by atoms with Gasteiger partial charge in [-0.05, 0) is 55.9 Å². The van der Waals surface area contributed by atoms with Crippen LogP contribution in [0, 0.1) is 18.8 Å². The quantitative estimate of drug-likeness (QED) is 0.302. The molecule has 2 aromatic heterocycles. The number of nitrogens with two attached hydrogens (primary N) is 1. The van der Waals surface area contributed by atoms with Crippen molar-refractivity contribution in [1.82, 2.24) is 25.1 Å². The van der Waals surface area contributed by atoms with E-state index >= 15 is 0 Å². The van der Waals surface area contributed by atoms with E-state index in [9.17, 15) is 0 Å². The number of unbranched alkanes of at least 4 members (excludes halogenated alkanes) is 2. The molecule has 4 rings (SSSR count). The van der Waals surface area contributed by atoms with Gasteiger partial charge in [0.15, 0.2) is 5.75 Å². The lowest BCUT2D eigenvalue weighted by molar-refractivity contribution is 0.206. The number of hydrogen-bond acceptors (Lipinski definition) is 6. The first-order valence-electron chi connectivity index (χ1n) is 12.8. The van der Waals surface area contributed by atoms with Crippen LogP contribution in [0.4, 0.5) is 0 Å². The summed E-state index contributed by atoms with van der Waals surface area (Å²) >= 11 is 6.06. The monoisotopic (exact) mass is 508 g/mol. The molecule has 192 valence electrons. The second-order valence-electron chi connectivity index (χ2n) is 9.84. The molecule has 1 saturated carbocycles. The van der Waals surface area contributed by atoms with Gasteiger partial charge in [0.25, 0.3) is 0 Å². The first-order chi connectivity index (χ1) is 17.4. The Morgan fingerprint density at radius 2 is 2.11 bits per heavy atom. The Morgan fingerprint density at radius 1 is 1.28 bits per heavy atom. The zero-order chi connectivity index (χ0) is 25.5. The van der Waals surface area contributed by atoms with E-state index in [1.54, 1.807) is 6.07 Å². The summed E-state index contributed by atoms with van der Waals surface area (Å²) in [5.74, 6) is 2.99. The normalized spacial score (nSPS) is 20.4. The van der Waals surface area contributed by atoms with Crippen molar-refractivity contribution in [1.29, 1.82) is 0 Å². The van der Waals surface area contributed by atoms with Crippen molar-refractivity contribution in [2.75, 3.05) is 6.61 Å². The molecule has 0 saturated heterocycles. The smallest absolute Gasteiger partial charge is 0.165 e. The molecule has 0 aromatic carbocycles. The minimum absolute atomic E-state index is 0.505. The first kappa shape index (κ1) is 26.0. The Bertz CT molecular complexity index is 1140. The summed E-state index contributed by atoms with van der Waals surface area (Å²) in [5, 5.41) is 8.19. The molecule has 1 aliphatic carbocycles. The number of halogens is 1. The third kappa shape index (κ3) is 7.00. The molecular weight excluding hydrogens is 472 g/mol. The predicted octanol–water partition coefficient (Wildman–Crippen LogP) is 5.63. The highest BCUT2D eigenvalue weighted by Crippen LogP contribution is 2.37. The fraction of sp³-hybridized carbons (Fsp3) is 0.464. The molecule has 2 atom stereocenters. The average Bonchev–Trinajstić information content (AvgIpc) is 3.42. The van der Waals surface area contributed by atoms with E-state index in [0.29, 0.717) is 16.8 Å². The van der Waals surface area contributed by atoms with Gasteiger partial charge in [-0.3, -0.25) is 4.68 Å². The van der Waals surface area contributed by atoms with Gasteiger partial charge < -0.3 is 15.8 Å². The molecule has 1 fully saturated rings. The number of hydrogen-bond donors (Lipinski definition) is 2. The fourth-order valence-electron chi connectivity index (χ4n) is 5.24. The van der Waals surface area contributed by atoms with Crippen LogP contribution >= 0.6 is 11.6 Å². The lowest BCUT2D eigenvalue weighted by Crippen LogP contribution is -2.17. The number of aromatic nitrogens is 4. The van der Waals surface area contributed by atoms with Gasteiger partial charge in [-0.2, -0.15) is 5.10 Å². The van der Waals surface area contributed by atoms with Gasteiger partial charge >= 0.3 is 0 Å². The summed E-state index contributed by atoms with van der Waals surface area (Å²) < 4.78 is 8.24. The molecule has 1 aliphatic heterocycles. The van der Waals surface area contributed by atoms with Crippen LogP contribution in [0.15, 0.2) is 54.7 Å². The van der Waals surface area contributed by atoms with Crippen molar-refractivity contribution < 1.29 is 4.74 Å². The largest absolute Gasteiger partial charge is 0.489 e. The maximum Gasteiger partial charge on any atom is 0.165 e. The number of rotatable bonds is 11. The van der Waals surface area contributed by atoms with Crippen molar-refractivity contribution in [3.05, 3.63) is 77.0 Å². The highest BCUT2D eigenvalue weighted by Gasteiger charge is 2.28. The summed E-state index contributed by atoms with van der Waals surface area (Å²) in [4.78, 5) is 8.83. The number of allylic oxidation sites excluding steroid dienone is 4. The maximum absolute atomic E-state index is 6.38. The minimum atomic E-state index is 0.505. The SMILES string of the molecule is C=C(N)/C=C1/C=C(c2c(OC[C@H]3CCCC3CCCCCc3nc(C)cc(Cl)n3)cnn2C)C=CN1. The van der Waals surface area contributed by atoms with Crippen LogP contribution in [0.5, 0.6) is 5.75 Å². The van der Waals surface area contributed by atoms with Crippen LogP contribution in [0.3, 0.4) is 0 Å². The summed E-state index contributed by atoms with van der Waals surface area (Å²) in [6, 6.07) is 1.80. The Kier molecular flexibility index (Phi) is 8.86. The van der Waals surface area contributed by atoms with Gasteiger partial charge in [-0.25, -0.2) is 9.97 Å². The van der Waals surface area contributed by atoms with E-state index in [-0.39, 0.29) is 0 Å². The lowest BCUT2D eigenvalue weighted by Gasteiger charge is -2.20. The molecule has 7 nitrogen and oxygen atoms in total. The molecule has 0 amide bonds. The zero-order valence-corrected chi connectivity index (χ0v) is 22.1. The predicted molar refractivity (Wildman–Crippen MR) is 145 cm³/mol. The molecular formula is C28H37ClN6O. The molecule has 0 radical (unpaired) electrons. The Hall–Kier alpha value is -3.06. The molecule has 0 spiro atoms. The number of nitrogens with one attached hydrogen (secondary N) is 1. The van der Waals surface area contributed by atoms with Crippen LogP contribution in [-0.4, -0.2) is 26.4 Å². The van der Waals surface area contributed by atoms with E-state index in [0.717, 1.165) is 59.6 Å². The molecule has 2 aliphatic rings. The number of dihydropyridines is 1. The topological polar surface area (TPSA) is 90.9 Å². The van der Waals surface area contributed by atoms with E-state index < -0.39 is 0 Å². The minimum Gasteiger partial charge on any atom is -0.489 e.